The molecule has 1 aliphatic heterocycles. The van der Waals surface area contributed by atoms with E-state index in [1.54, 1.807) is 35.2 Å². The van der Waals surface area contributed by atoms with Gasteiger partial charge in [0.1, 0.15) is 0 Å². The Hall–Kier alpha value is -3.11. The summed E-state index contributed by atoms with van der Waals surface area (Å²) in [6.07, 6.45) is -0.726. The van der Waals surface area contributed by atoms with Crippen LogP contribution in [0.3, 0.4) is 0 Å². The summed E-state index contributed by atoms with van der Waals surface area (Å²) in [6.45, 7) is 5.94. The van der Waals surface area contributed by atoms with E-state index in [0.717, 1.165) is 4.31 Å². The van der Waals surface area contributed by atoms with E-state index in [9.17, 15) is 23.1 Å². The van der Waals surface area contributed by atoms with E-state index >= 15 is 0 Å². The number of fused-ring (bicyclic) bond motifs is 1. The minimum absolute atomic E-state index is 0.0448. The molecule has 2 aromatic rings. The van der Waals surface area contributed by atoms with Gasteiger partial charge in [-0.1, -0.05) is 32.0 Å². The molecule has 33 heavy (non-hydrogen) atoms. The van der Waals surface area contributed by atoms with Gasteiger partial charge in [-0.25, -0.2) is 4.79 Å². The highest BCUT2D eigenvalue weighted by Crippen LogP contribution is 2.39. The van der Waals surface area contributed by atoms with Crippen LogP contribution in [0.4, 0.5) is 21.9 Å². The lowest BCUT2D eigenvalue weighted by atomic mass is 9.99. The quantitative estimate of drug-likeness (QED) is 0.661. The van der Waals surface area contributed by atoms with Crippen LogP contribution in [0.2, 0.25) is 0 Å². The zero-order valence-electron chi connectivity index (χ0n) is 19.4. The Morgan fingerprint density at radius 3 is 2.39 bits per heavy atom. The second-order valence-electron chi connectivity index (χ2n) is 8.78. The van der Waals surface area contributed by atoms with Crippen molar-refractivity contribution in [2.24, 2.45) is 5.92 Å². The van der Waals surface area contributed by atoms with E-state index in [4.69, 9.17) is 0 Å². The average Bonchev–Trinajstić information content (AvgIpc) is 2.71. The molecule has 178 valence electrons. The zero-order chi connectivity index (χ0) is 24.5. The van der Waals surface area contributed by atoms with Crippen LogP contribution in [0.15, 0.2) is 42.5 Å². The third kappa shape index (κ3) is 5.28. The molecular formula is C23H30N4O5S. The van der Waals surface area contributed by atoms with E-state index in [0.29, 0.717) is 34.6 Å². The van der Waals surface area contributed by atoms with E-state index < -0.39 is 16.3 Å². The van der Waals surface area contributed by atoms with Gasteiger partial charge in [0.15, 0.2) is 0 Å². The maximum absolute atomic E-state index is 12.9. The Labute approximate surface area is 194 Å². The number of carbonyl (C=O) groups is 2. The molecule has 0 saturated carbocycles. The fraction of sp³-hybridized carbons (Fsp3) is 0.391. The molecule has 0 bridgehead atoms. The minimum atomic E-state index is -3.66. The van der Waals surface area contributed by atoms with Gasteiger partial charge in [-0.05, 0) is 48.2 Å². The summed E-state index contributed by atoms with van der Waals surface area (Å²) in [5.41, 5.74) is 2.78. The number of nitrogens with one attached hydrogen (secondary N) is 1. The monoisotopic (exact) mass is 474 g/mol. The Balaban J connectivity index is 2.04. The molecule has 10 heteroatoms. The number of carbonyl (C=O) groups excluding carboxylic acids is 1. The fourth-order valence-corrected chi connectivity index (χ4v) is 4.42. The van der Waals surface area contributed by atoms with Gasteiger partial charge < -0.3 is 10.0 Å². The Kier molecular flexibility index (Phi) is 6.99. The molecule has 2 aromatic carbocycles. The Morgan fingerprint density at radius 1 is 1.12 bits per heavy atom. The lowest BCUT2D eigenvalue weighted by molar-refractivity contribution is -0.119. The molecule has 0 aliphatic carbocycles. The lowest BCUT2D eigenvalue weighted by Gasteiger charge is -2.40. The maximum atomic E-state index is 12.9. The second-order valence-corrected chi connectivity index (χ2v) is 10.7. The van der Waals surface area contributed by atoms with Gasteiger partial charge in [-0.3, -0.25) is 14.4 Å². The molecule has 9 nitrogen and oxygen atoms in total. The van der Waals surface area contributed by atoms with Gasteiger partial charge >= 0.3 is 16.3 Å². The number of hydrogen-bond acceptors (Lipinski definition) is 4. The highest BCUT2D eigenvalue weighted by Gasteiger charge is 2.35. The van der Waals surface area contributed by atoms with Crippen LogP contribution in [-0.4, -0.2) is 56.5 Å². The van der Waals surface area contributed by atoms with Crippen molar-refractivity contribution in [3.8, 4) is 11.1 Å². The molecule has 0 radical (unpaired) electrons. The van der Waals surface area contributed by atoms with Gasteiger partial charge in [0.2, 0.25) is 5.91 Å². The van der Waals surface area contributed by atoms with E-state index in [2.05, 4.69) is 4.72 Å². The molecule has 1 atom stereocenters. The number of amides is 2. The number of hydrogen-bond donors (Lipinski definition) is 2. The average molecular weight is 475 g/mol. The molecule has 0 unspecified atom stereocenters. The van der Waals surface area contributed by atoms with Crippen LogP contribution in [0.25, 0.3) is 11.1 Å². The van der Waals surface area contributed by atoms with Crippen LogP contribution < -0.4 is 14.5 Å². The van der Waals surface area contributed by atoms with Crippen molar-refractivity contribution in [3.05, 3.63) is 42.5 Å². The molecule has 2 N–H and O–H groups in total. The summed E-state index contributed by atoms with van der Waals surface area (Å²) in [6, 6.07) is 11.9. The molecule has 2 amide bonds. The summed E-state index contributed by atoms with van der Waals surface area (Å²) in [7, 11) is -0.796. The van der Waals surface area contributed by atoms with Crippen LogP contribution in [-0.2, 0) is 15.0 Å². The van der Waals surface area contributed by atoms with Crippen LogP contribution >= 0.6 is 0 Å². The van der Waals surface area contributed by atoms with Gasteiger partial charge in [0.25, 0.3) is 0 Å². The summed E-state index contributed by atoms with van der Waals surface area (Å²) in [5, 5.41) is 9.80. The fourth-order valence-electron chi connectivity index (χ4n) is 3.82. The summed E-state index contributed by atoms with van der Waals surface area (Å²) in [5.74, 6) is 0.134. The van der Waals surface area contributed by atoms with E-state index in [-0.39, 0.29) is 24.4 Å². The van der Waals surface area contributed by atoms with Crippen LogP contribution in [0.5, 0.6) is 0 Å². The molecule has 1 aliphatic rings. The number of carboxylic acid groups (broad SMARTS) is 1. The highest BCUT2D eigenvalue weighted by molar-refractivity contribution is 7.90. The van der Waals surface area contributed by atoms with Crippen molar-refractivity contribution in [1.82, 2.24) is 4.31 Å². The lowest BCUT2D eigenvalue weighted by Crippen LogP contribution is -2.51. The molecule has 1 heterocycles. The normalized spacial score (nSPS) is 16.2. The molecule has 0 spiro atoms. The van der Waals surface area contributed by atoms with Crippen LogP contribution in [0, 0.1) is 5.92 Å². The van der Waals surface area contributed by atoms with Crippen molar-refractivity contribution in [2.75, 3.05) is 35.2 Å². The first-order chi connectivity index (χ1) is 15.4. The topological polar surface area (TPSA) is 110 Å². The van der Waals surface area contributed by atoms with Crippen molar-refractivity contribution in [2.45, 2.75) is 33.2 Å². The van der Waals surface area contributed by atoms with Gasteiger partial charge in [-0.15, -0.1) is 0 Å². The van der Waals surface area contributed by atoms with Crippen molar-refractivity contribution in [1.29, 1.82) is 0 Å². The molecule has 3 rings (SSSR count). The Morgan fingerprint density at radius 2 is 1.79 bits per heavy atom. The van der Waals surface area contributed by atoms with Crippen LogP contribution in [0.1, 0.15) is 27.2 Å². The number of anilines is 3. The highest BCUT2D eigenvalue weighted by atomic mass is 32.2. The third-order valence-electron chi connectivity index (χ3n) is 5.42. The molecule has 0 aromatic heterocycles. The molecule has 0 saturated heterocycles. The SMILES string of the molecule is CC(C)CC(=O)N1c2ccc(-c3cccc(NS(=O)(=O)N(C)C)c3)cc2N(C(=O)O)C[C@@H]1C. The first kappa shape index (κ1) is 24.5. The molecule has 0 fully saturated rings. The first-order valence-electron chi connectivity index (χ1n) is 10.7. The first-order valence-corrected chi connectivity index (χ1v) is 12.1. The summed E-state index contributed by atoms with van der Waals surface area (Å²) in [4.78, 5) is 27.8. The Bertz CT molecular complexity index is 1160. The minimum Gasteiger partial charge on any atom is -0.465 e. The van der Waals surface area contributed by atoms with Crippen molar-refractivity contribution >= 4 is 39.3 Å². The van der Waals surface area contributed by atoms with Crippen molar-refractivity contribution < 1.29 is 23.1 Å². The van der Waals surface area contributed by atoms with E-state index in [1.807, 2.05) is 32.9 Å². The predicted molar refractivity (Wildman–Crippen MR) is 130 cm³/mol. The van der Waals surface area contributed by atoms with Gasteiger partial charge in [-0.2, -0.15) is 12.7 Å². The number of nitrogens with zero attached hydrogens (tertiary/aromatic N) is 3. The third-order valence-corrected chi connectivity index (χ3v) is 6.87. The second kappa shape index (κ2) is 9.40. The molecular weight excluding hydrogens is 444 g/mol. The smallest absolute Gasteiger partial charge is 0.411 e. The van der Waals surface area contributed by atoms with Gasteiger partial charge in [0, 0.05) is 27.1 Å². The maximum Gasteiger partial charge on any atom is 0.411 e. The predicted octanol–water partition coefficient (Wildman–Crippen LogP) is 3.84. The largest absolute Gasteiger partial charge is 0.465 e. The van der Waals surface area contributed by atoms with Crippen molar-refractivity contribution in [3.63, 3.8) is 0 Å². The van der Waals surface area contributed by atoms with E-state index in [1.165, 1.54) is 19.0 Å². The summed E-state index contributed by atoms with van der Waals surface area (Å²) >= 11 is 0. The van der Waals surface area contributed by atoms with Gasteiger partial charge in [0.05, 0.1) is 23.1 Å². The standard InChI is InChI=1S/C23H30N4O5S/c1-15(2)11-22(28)27-16(3)14-26(23(29)30)21-13-18(9-10-20(21)27)17-7-6-8-19(12-17)24-33(31,32)25(4)5/h6-10,12-13,15-16,24H,11,14H2,1-5H3,(H,29,30)/t16-/m0/s1. The zero-order valence-corrected chi connectivity index (χ0v) is 20.3. The number of rotatable bonds is 6. The summed E-state index contributed by atoms with van der Waals surface area (Å²) < 4.78 is 27.9. The number of benzene rings is 2.